The molecule has 0 aliphatic rings. The van der Waals surface area contributed by atoms with Gasteiger partial charge in [0, 0.05) is 25.2 Å². The van der Waals surface area contributed by atoms with Crippen LogP contribution in [0.15, 0.2) is 24.3 Å². The van der Waals surface area contributed by atoms with Crippen LogP contribution in [0, 0.1) is 10.1 Å². The molecule has 7 nitrogen and oxygen atoms in total. The lowest BCUT2D eigenvalue weighted by Gasteiger charge is -2.16. The van der Waals surface area contributed by atoms with Gasteiger partial charge in [0.25, 0.3) is 5.69 Å². The summed E-state index contributed by atoms with van der Waals surface area (Å²) in [6.45, 7) is 2.44. The Balaban J connectivity index is 2.64. The molecule has 0 fully saturated rings. The van der Waals surface area contributed by atoms with Crippen LogP contribution >= 0.6 is 0 Å². The largest absolute Gasteiger partial charge is 0.355 e. The summed E-state index contributed by atoms with van der Waals surface area (Å²) in [7, 11) is 1.50. The van der Waals surface area contributed by atoms with Crippen molar-refractivity contribution in [3.8, 4) is 0 Å². The van der Waals surface area contributed by atoms with Gasteiger partial charge in [-0.1, -0.05) is 25.1 Å². The summed E-state index contributed by atoms with van der Waals surface area (Å²) in [5.74, 6) is -0.578. The van der Waals surface area contributed by atoms with E-state index in [-0.39, 0.29) is 30.5 Å². The van der Waals surface area contributed by atoms with Gasteiger partial charge in [0.15, 0.2) is 0 Å². The lowest BCUT2D eigenvalue weighted by atomic mass is 10.1. The van der Waals surface area contributed by atoms with Gasteiger partial charge < -0.3 is 10.2 Å². The maximum absolute atomic E-state index is 12.0. The SMILES string of the molecule is CCCNC(=O)CN(C)C(=O)Cc1ccccc1[N+](=O)[O-]. The highest BCUT2D eigenvalue weighted by Gasteiger charge is 2.18. The van der Waals surface area contributed by atoms with Gasteiger partial charge in [0.05, 0.1) is 17.9 Å². The fourth-order valence-electron chi connectivity index (χ4n) is 1.76. The number of para-hydroxylation sites is 1. The molecule has 1 N–H and O–H groups in total. The normalized spacial score (nSPS) is 10.0. The Morgan fingerprint density at radius 1 is 1.33 bits per heavy atom. The van der Waals surface area contributed by atoms with Gasteiger partial charge in [0.2, 0.25) is 11.8 Å². The summed E-state index contributed by atoms with van der Waals surface area (Å²) in [4.78, 5) is 35.2. The molecular weight excluding hydrogens is 274 g/mol. The number of nitrogens with zero attached hydrogens (tertiary/aromatic N) is 2. The second-order valence-electron chi connectivity index (χ2n) is 4.66. The molecule has 0 aliphatic heterocycles. The van der Waals surface area contributed by atoms with Crippen molar-refractivity contribution >= 4 is 17.5 Å². The highest BCUT2D eigenvalue weighted by Crippen LogP contribution is 2.18. The fourth-order valence-corrected chi connectivity index (χ4v) is 1.76. The molecule has 0 saturated heterocycles. The number of amides is 2. The van der Waals surface area contributed by atoms with Crippen molar-refractivity contribution in [3.05, 3.63) is 39.9 Å². The molecule has 0 bridgehead atoms. The summed E-state index contributed by atoms with van der Waals surface area (Å²) in [6, 6.07) is 6.09. The van der Waals surface area contributed by atoms with E-state index in [1.54, 1.807) is 18.2 Å². The zero-order valence-corrected chi connectivity index (χ0v) is 12.2. The second kappa shape index (κ2) is 7.98. The first-order valence-corrected chi connectivity index (χ1v) is 6.68. The zero-order chi connectivity index (χ0) is 15.8. The molecule has 0 atom stereocenters. The first kappa shape index (κ1) is 16.6. The standard InChI is InChI=1S/C14H19N3O4/c1-3-8-15-13(18)10-16(2)14(19)9-11-6-4-5-7-12(11)17(20)21/h4-7H,3,8-10H2,1-2H3,(H,15,18). The zero-order valence-electron chi connectivity index (χ0n) is 12.2. The number of likely N-dealkylation sites (N-methyl/N-ethyl adjacent to an activating group) is 1. The third-order valence-corrected chi connectivity index (χ3v) is 2.91. The highest BCUT2D eigenvalue weighted by atomic mass is 16.6. The predicted molar refractivity (Wildman–Crippen MR) is 77.7 cm³/mol. The topological polar surface area (TPSA) is 92.6 Å². The molecule has 7 heteroatoms. The molecule has 1 aromatic rings. The Labute approximate surface area is 123 Å². The minimum atomic E-state index is -0.517. The molecule has 0 unspecified atom stereocenters. The van der Waals surface area contributed by atoms with Crippen molar-refractivity contribution in [3.63, 3.8) is 0 Å². The number of rotatable bonds is 7. The lowest BCUT2D eigenvalue weighted by Crippen LogP contribution is -2.39. The number of nitrogens with one attached hydrogen (secondary N) is 1. The van der Waals surface area contributed by atoms with Gasteiger partial charge in [-0.05, 0) is 6.42 Å². The quantitative estimate of drug-likeness (QED) is 0.602. The molecule has 0 aliphatic carbocycles. The average molecular weight is 293 g/mol. The van der Waals surface area contributed by atoms with Gasteiger partial charge in [0.1, 0.15) is 0 Å². The lowest BCUT2D eigenvalue weighted by molar-refractivity contribution is -0.385. The average Bonchev–Trinajstić information content (AvgIpc) is 2.45. The van der Waals surface area contributed by atoms with E-state index in [1.165, 1.54) is 18.0 Å². The molecule has 1 rings (SSSR count). The van der Waals surface area contributed by atoms with Crippen LogP contribution in [0.2, 0.25) is 0 Å². The molecule has 0 heterocycles. The number of hydrogen-bond donors (Lipinski definition) is 1. The van der Waals surface area contributed by atoms with Gasteiger partial charge in [-0.3, -0.25) is 19.7 Å². The maximum Gasteiger partial charge on any atom is 0.273 e. The van der Waals surface area contributed by atoms with Crippen LogP contribution in [-0.2, 0) is 16.0 Å². The Bertz CT molecular complexity index is 531. The monoisotopic (exact) mass is 293 g/mol. The van der Waals surface area contributed by atoms with Gasteiger partial charge in [-0.25, -0.2) is 0 Å². The van der Waals surface area contributed by atoms with Crippen LogP contribution in [0.3, 0.4) is 0 Å². The van der Waals surface area contributed by atoms with Crippen LogP contribution in [0.1, 0.15) is 18.9 Å². The van der Waals surface area contributed by atoms with Gasteiger partial charge in [-0.15, -0.1) is 0 Å². The van der Waals surface area contributed by atoms with Gasteiger partial charge >= 0.3 is 0 Å². The van der Waals surface area contributed by atoms with Crippen LogP contribution in [0.25, 0.3) is 0 Å². The number of carbonyl (C=O) groups excluding carboxylic acids is 2. The Kier molecular flexibility index (Phi) is 6.32. The van der Waals surface area contributed by atoms with Gasteiger partial charge in [-0.2, -0.15) is 0 Å². The van der Waals surface area contributed by atoms with Crippen molar-refractivity contribution < 1.29 is 14.5 Å². The van der Waals surface area contributed by atoms with E-state index in [0.717, 1.165) is 6.42 Å². The molecule has 2 amide bonds. The van der Waals surface area contributed by atoms with E-state index < -0.39 is 4.92 Å². The Morgan fingerprint density at radius 2 is 2.00 bits per heavy atom. The van der Waals surface area contributed by atoms with E-state index in [1.807, 2.05) is 6.92 Å². The highest BCUT2D eigenvalue weighted by molar-refractivity contribution is 5.86. The second-order valence-corrected chi connectivity index (χ2v) is 4.66. The first-order valence-electron chi connectivity index (χ1n) is 6.68. The molecule has 0 saturated carbocycles. The van der Waals surface area contributed by atoms with Crippen LogP contribution < -0.4 is 5.32 Å². The minimum absolute atomic E-state index is 0.0561. The van der Waals surface area contributed by atoms with E-state index in [4.69, 9.17) is 0 Å². The number of nitro groups is 1. The van der Waals surface area contributed by atoms with Crippen molar-refractivity contribution in [2.45, 2.75) is 19.8 Å². The third-order valence-electron chi connectivity index (χ3n) is 2.91. The number of hydrogen-bond acceptors (Lipinski definition) is 4. The van der Waals surface area contributed by atoms with E-state index in [9.17, 15) is 19.7 Å². The predicted octanol–water partition coefficient (Wildman–Crippen LogP) is 1.12. The smallest absolute Gasteiger partial charge is 0.273 e. The third kappa shape index (κ3) is 5.21. The molecule has 0 aromatic heterocycles. The van der Waals surface area contributed by atoms with Crippen LogP contribution in [-0.4, -0.2) is 41.8 Å². The first-order chi connectivity index (χ1) is 9.95. The van der Waals surface area contributed by atoms with E-state index in [0.29, 0.717) is 12.1 Å². The Morgan fingerprint density at radius 3 is 2.62 bits per heavy atom. The van der Waals surface area contributed by atoms with Crippen molar-refractivity contribution in [1.82, 2.24) is 10.2 Å². The fraction of sp³-hybridized carbons (Fsp3) is 0.429. The number of benzene rings is 1. The van der Waals surface area contributed by atoms with Crippen molar-refractivity contribution in [2.75, 3.05) is 20.1 Å². The molecule has 0 spiro atoms. The van der Waals surface area contributed by atoms with Crippen molar-refractivity contribution in [1.29, 1.82) is 0 Å². The number of nitro benzene ring substituents is 1. The summed E-state index contributed by atoms with van der Waals surface area (Å²) < 4.78 is 0. The summed E-state index contributed by atoms with van der Waals surface area (Å²) in [6.07, 6.45) is 0.717. The summed E-state index contributed by atoms with van der Waals surface area (Å²) in [5, 5.41) is 13.6. The molecule has 0 radical (unpaired) electrons. The molecule has 21 heavy (non-hydrogen) atoms. The van der Waals surface area contributed by atoms with E-state index in [2.05, 4.69) is 5.32 Å². The number of carbonyl (C=O) groups is 2. The van der Waals surface area contributed by atoms with Crippen LogP contribution in [0.5, 0.6) is 0 Å². The summed E-state index contributed by atoms with van der Waals surface area (Å²) >= 11 is 0. The molecule has 114 valence electrons. The van der Waals surface area contributed by atoms with Crippen LogP contribution in [0.4, 0.5) is 5.69 Å². The molecular formula is C14H19N3O4. The maximum atomic E-state index is 12.0. The minimum Gasteiger partial charge on any atom is -0.355 e. The van der Waals surface area contributed by atoms with E-state index >= 15 is 0 Å². The Hall–Kier alpha value is -2.44. The van der Waals surface area contributed by atoms with Crippen molar-refractivity contribution in [2.24, 2.45) is 0 Å². The molecule has 1 aromatic carbocycles. The summed E-state index contributed by atoms with van der Waals surface area (Å²) in [5.41, 5.74) is 0.253.